The minimum absolute atomic E-state index is 0.213. The zero-order valence-electron chi connectivity index (χ0n) is 14.4. The Balaban J connectivity index is 1.89. The molecule has 0 fully saturated rings. The van der Waals surface area contributed by atoms with E-state index in [-0.39, 0.29) is 12.1 Å². The number of benzene rings is 2. The minimum Gasteiger partial charge on any atom is -0.449 e. The molecule has 27 heavy (non-hydrogen) atoms. The average molecular weight is 371 g/mol. The van der Waals surface area contributed by atoms with Crippen molar-refractivity contribution in [3.05, 3.63) is 75.8 Å². The molecule has 0 bridgehead atoms. The Morgan fingerprint density at radius 2 is 1.70 bits per heavy atom. The quantitative estimate of drug-likeness (QED) is 0.455. The molecule has 1 atom stereocenters. The number of carbonyl (C=O) groups is 3. The molecule has 0 aliphatic rings. The molecule has 2 aromatic rings. The molecular weight excluding hydrogens is 354 g/mol. The minimum atomic E-state index is -1.32. The van der Waals surface area contributed by atoms with Gasteiger partial charge in [0.2, 0.25) is 0 Å². The lowest BCUT2D eigenvalue weighted by molar-refractivity contribution is -0.385. The monoisotopic (exact) mass is 371 g/mol. The number of carbonyl (C=O) groups excluding carboxylic acids is 3. The highest BCUT2D eigenvalue weighted by Gasteiger charge is 2.25. The third-order valence-corrected chi connectivity index (χ3v) is 3.51. The number of amides is 3. The van der Waals surface area contributed by atoms with Crippen LogP contribution in [0.15, 0.2) is 54.6 Å². The number of hydrogen-bond acceptors (Lipinski definition) is 6. The summed E-state index contributed by atoms with van der Waals surface area (Å²) < 4.78 is 4.92. The molecule has 9 heteroatoms. The first-order valence-electron chi connectivity index (χ1n) is 7.95. The van der Waals surface area contributed by atoms with Gasteiger partial charge in [0, 0.05) is 12.6 Å². The van der Waals surface area contributed by atoms with Crippen LogP contribution in [-0.4, -0.2) is 28.9 Å². The fraction of sp³-hybridized carbons (Fsp3) is 0.167. The molecule has 0 radical (unpaired) electrons. The van der Waals surface area contributed by atoms with Gasteiger partial charge in [0.15, 0.2) is 6.10 Å². The van der Waals surface area contributed by atoms with Crippen LogP contribution in [0, 0.1) is 10.1 Å². The highest BCUT2D eigenvalue weighted by Crippen LogP contribution is 2.19. The lowest BCUT2D eigenvalue weighted by Gasteiger charge is -2.13. The van der Waals surface area contributed by atoms with Crippen LogP contribution in [0.2, 0.25) is 0 Å². The SMILES string of the molecule is CC(OC(=O)c1ccccc1[N+](=O)[O-])C(=O)NC(=O)NCc1ccccc1. The standard InChI is InChI=1S/C18H17N3O6/c1-12(27-17(23)14-9-5-6-10-15(14)21(25)26)16(22)20-18(24)19-11-13-7-3-2-4-8-13/h2-10,12H,11H2,1H3,(H2,19,20,22,24). The topological polar surface area (TPSA) is 128 Å². The number of urea groups is 1. The molecule has 0 spiro atoms. The van der Waals surface area contributed by atoms with E-state index in [1.54, 1.807) is 12.1 Å². The van der Waals surface area contributed by atoms with Crippen LogP contribution < -0.4 is 10.6 Å². The molecule has 1 unspecified atom stereocenters. The molecule has 0 saturated heterocycles. The molecule has 0 aliphatic carbocycles. The highest BCUT2D eigenvalue weighted by molar-refractivity contribution is 5.99. The van der Waals surface area contributed by atoms with Crippen LogP contribution in [0.5, 0.6) is 0 Å². The molecule has 2 aromatic carbocycles. The summed E-state index contributed by atoms with van der Waals surface area (Å²) in [4.78, 5) is 46.0. The summed E-state index contributed by atoms with van der Waals surface area (Å²) in [5, 5.41) is 15.5. The van der Waals surface area contributed by atoms with E-state index in [2.05, 4.69) is 5.32 Å². The predicted molar refractivity (Wildman–Crippen MR) is 94.8 cm³/mol. The molecule has 0 aliphatic heterocycles. The van der Waals surface area contributed by atoms with Crippen LogP contribution in [0.1, 0.15) is 22.8 Å². The molecule has 3 amide bonds. The van der Waals surface area contributed by atoms with E-state index in [1.165, 1.54) is 25.1 Å². The second-order valence-electron chi connectivity index (χ2n) is 5.48. The summed E-state index contributed by atoms with van der Waals surface area (Å²) in [6, 6.07) is 13.5. The number of nitrogens with zero attached hydrogens (tertiary/aromatic N) is 1. The predicted octanol–water partition coefficient (Wildman–Crippen LogP) is 2.17. The number of ether oxygens (including phenoxy) is 1. The van der Waals surface area contributed by atoms with Crippen molar-refractivity contribution in [3.63, 3.8) is 0 Å². The van der Waals surface area contributed by atoms with E-state index in [1.807, 2.05) is 23.5 Å². The van der Waals surface area contributed by atoms with Crippen molar-refractivity contribution in [2.45, 2.75) is 19.6 Å². The van der Waals surface area contributed by atoms with E-state index in [0.717, 1.165) is 11.6 Å². The van der Waals surface area contributed by atoms with Gasteiger partial charge in [-0.05, 0) is 18.6 Å². The van der Waals surface area contributed by atoms with Crippen LogP contribution in [0.25, 0.3) is 0 Å². The zero-order chi connectivity index (χ0) is 19.8. The normalized spacial score (nSPS) is 11.1. The van der Waals surface area contributed by atoms with E-state index in [4.69, 9.17) is 4.74 Å². The lowest BCUT2D eigenvalue weighted by Crippen LogP contribution is -2.44. The van der Waals surface area contributed by atoms with Crippen LogP contribution in [-0.2, 0) is 16.1 Å². The van der Waals surface area contributed by atoms with Gasteiger partial charge in [0.1, 0.15) is 5.56 Å². The highest BCUT2D eigenvalue weighted by atomic mass is 16.6. The van der Waals surface area contributed by atoms with Crippen molar-refractivity contribution in [3.8, 4) is 0 Å². The molecular formula is C18H17N3O6. The number of nitro benzene ring substituents is 1. The summed E-state index contributed by atoms with van der Waals surface area (Å²) in [5.74, 6) is -1.89. The smallest absolute Gasteiger partial charge is 0.345 e. The molecule has 9 nitrogen and oxygen atoms in total. The van der Waals surface area contributed by atoms with Crippen molar-refractivity contribution in [2.24, 2.45) is 0 Å². The Hall–Kier alpha value is -3.75. The molecule has 140 valence electrons. The van der Waals surface area contributed by atoms with Crippen molar-refractivity contribution in [1.82, 2.24) is 10.6 Å². The van der Waals surface area contributed by atoms with Gasteiger partial charge in [0.05, 0.1) is 4.92 Å². The zero-order valence-corrected chi connectivity index (χ0v) is 14.4. The molecule has 2 N–H and O–H groups in total. The van der Waals surface area contributed by atoms with Gasteiger partial charge in [-0.2, -0.15) is 0 Å². The maximum absolute atomic E-state index is 12.1. The maximum Gasteiger partial charge on any atom is 0.345 e. The Morgan fingerprint density at radius 1 is 1.07 bits per heavy atom. The average Bonchev–Trinajstić information content (AvgIpc) is 2.67. The number of nitrogens with one attached hydrogen (secondary N) is 2. The van der Waals surface area contributed by atoms with Gasteiger partial charge in [-0.15, -0.1) is 0 Å². The first kappa shape index (κ1) is 19.6. The molecule has 0 heterocycles. The van der Waals surface area contributed by atoms with Crippen LogP contribution in [0.4, 0.5) is 10.5 Å². The van der Waals surface area contributed by atoms with Gasteiger partial charge in [-0.25, -0.2) is 9.59 Å². The lowest BCUT2D eigenvalue weighted by atomic mass is 10.2. The second-order valence-corrected chi connectivity index (χ2v) is 5.48. The summed E-state index contributed by atoms with van der Waals surface area (Å²) in [6.45, 7) is 1.47. The fourth-order valence-electron chi connectivity index (χ4n) is 2.12. The van der Waals surface area contributed by atoms with Gasteiger partial charge < -0.3 is 10.1 Å². The van der Waals surface area contributed by atoms with Gasteiger partial charge in [0.25, 0.3) is 11.6 Å². The maximum atomic E-state index is 12.1. The summed E-state index contributed by atoms with van der Waals surface area (Å²) >= 11 is 0. The third kappa shape index (κ3) is 5.63. The van der Waals surface area contributed by atoms with E-state index in [9.17, 15) is 24.5 Å². The second kappa shape index (κ2) is 9.09. The Labute approximate surface area is 154 Å². The largest absolute Gasteiger partial charge is 0.449 e. The van der Waals surface area contributed by atoms with Crippen molar-refractivity contribution in [2.75, 3.05) is 0 Å². The van der Waals surface area contributed by atoms with Crippen LogP contribution >= 0.6 is 0 Å². The van der Waals surface area contributed by atoms with E-state index in [0.29, 0.717) is 0 Å². The van der Waals surface area contributed by atoms with Gasteiger partial charge in [-0.1, -0.05) is 42.5 Å². The summed E-state index contributed by atoms with van der Waals surface area (Å²) in [5.41, 5.74) is 0.127. The Kier molecular flexibility index (Phi) is 6.59. The summed E-state index contributed by atoms with van der Waals surface area (Å²) in [7, 11) is 0. The van der Waals surface area contributed by atoms with E-state index < -0.39 is 34.6 Å². The van der Waals surface area contributed by atoms with Gasteiger partial charge in [-0.3, -0.25) is 20.2 Å². The number of imide groups is 1. The first-order chi connectivity index (χ1) is 12.9. The van der Waals surface area contributed by atoms with E-state index >= 15 is 0 Å². The summed E-state index contributed by atoms with van der Waals surface area (Å²) in [6.07, 6.45) is -1.32. The Bertz CT molecular complexity index is 853. The molecule has 2 rings (SSSR count). The van der Waals surface area contributed by atoms with Gasteiger partial charge >= 0.3 is 12.0 Å². The molecule has 0 aromatic heterocycles. The Morgan fingerprint density at radius 3 is 2.37 bits per heavy atom. The number of rotatable bonds is 6. The van der Waals surface area contributed by atoms with Crippen molar-refractivity contribution < 1.29 is 24.0 Å². The number of para-hydroxylation sites is 1. The third-order valence-electron chi connectivity index (χ3n) is 3.51. The number of nitro groups is 1. The van der Waals surface area contributed by atoms with Crippen molar-refractivity contribution >= 4 is 23.6 Å². The van der Waals surface area contributed by atoms with Crippen LogP contribution in [0.3, 0.4) is 0 Å². The van der Waals surface area contributed by atoms with Crippen molar-refractivity contribution in [1.29, 1.82) is 0 Å². The molecule has 0 saturated carbocycles. The number of hydrogen-bond donors (Lipinski definition) is 2. The first-order valence-corrected chi connectivity index (χ1v) is 7.95. The number of esters is 1. The fourth-order valence-corrected chi connectivity index (χ4v) is 2.12.